The van der Waals surface area contributed by atoms with Crippen molar-refractivity contribution in [1.82, 2.24) is 15.1 Å². The maximum Gasteiger partial charge on any atom is 0.258 e. The van der Waals surface area contributed by atoms with Crippen molar-refractivity contribution in [3.05, 3.63) is 42.1 Å². The predicted octanol–water partition coefficient (Wildman–Crippen LogP) is 2.57. The van der Waals surface area contributed by atoms with Crippen LogP contribution in [0.1, 0.15) is 11.5 Å². The third kappa shape index (κ3) is 1.98. The average molecular weight is 252 g/mol. The number of pyridine rings is 1. The van der Waals surface area contributed by atoms with Crippen LogP contribution in [0.3, 0.4) is 0 Å². The van der Waals surface area contributed by atoms with Crippen LogP contribution in [0.5, 0.6) is 0 Å². The molecule has 0 fully saturated rings. The Hall–Kier alpha value is -2.94. The number of nitrogens with zero attached hydrogens (tertiary/aromatic N) is 4. The lowest BCUT2D eigenvalue weighted by Crippen LogP contribution is -1.84. The monoisotopic (exact) mass is 252 g/mol. The van der Waals surface area contributed by atoms with Crippen LogP contribution in [-0.2, 0) is 0 Å². The molecular weight excluding hydrogens is 244 g/mol. The molecule has 0 aromatic carbocycles. The highest BCUT2D eigenvalue weighted by atomic mass is 16.5. The molecule has 0 saturated heterocycles. The van der Waals surface area contributed by atoms with Crippen LogP contribution >= 0.6 is 0 Å². The van der Waals surface area contributed by atoms with E-state index in [1.54, 1.807) is 24.5 Å². The third-order valence-electron chi connectivity index (χ3n) is 2.65. The molecule has 19 heavy (non-hydrogen) atoms. The molecule has 92 valence electrons. The minimum atomic E-state index is 0.303. The van der Waals surface area contributed by atoms with E-state index >= 15 is 0 Å². The molecule has 0 N–H and O–H groups in total. The van der Waals surface area contributed by atoms with E-state index in [4.69, 9.17) is 14.2 Å². The van der Waals surface area contributed by atoms with Gasteiger partial charge in [-0.25, -0.2) is 4.98 Å². The maximum absolute atomic E-state index is 8.81. The first kappa shape index (κ1) is 11.2. The summed E-state index contributed by atoms with van der Waals surface area (Å²) in [4.78, 5) is 8.17. The summed E-state index contributed by atoms with van der Waals surface area (Å²) < 4.78 is 10.4. The first-order valence-electron chi connectivity index (χ1n) is 5.52. The van der Waals surface area contributed by atoms with E-state index in [0.717, 1.165) is 11.3 Å². The quantitative estimate of drug-likeness (QED) is 0.696. The van der Waals surface area contributed by atoms with Crippen molar-refractivity contribution in [3.63, 3.8) is 0 Å². The van der Waals surface area contributed by atoms with E-state index in [9.17, 15) is 0 Å². The van der Waals surface area contributed by atoms with Crippen LogP contribution < -0.4 is 0 Å². The van der Waals surface area contributed by atoms with E-state index < -0.39 is 0 Å². The van der Waals surface area contributed by atoms with Gasteiger partial charge in [-0.05, 0) is 25.1 Å². The van der Waals surface area contributed by atoms with Gasteiger partial charge in [0.25, 0.3) is 5.89 Å². The van der Waals surface area contributed by atoms with Crippen LogP contribution in [0.15, 0.2) is 39.6 Å². The molecule has 3 rings (SSSR count). The van der Waals surface area contributed by atoms with Gasteiger partial charge in [0.1, 0.15) is 17.5 Å². The van der Waals surface area contributed by atoms with Crippen LogP contribution in [0.25, 0.3) is 22.8 Å². The number of hydrogen-bond acceptors (Lipinski definition) is 6. The second-order valence-electron chi connectivity index (χ2n) is 3.86. The molecule has 0 bridgehead atoms. The molecular formula is C13H8N4O2. The normalized spacial score (nSPS) is 10.3. The van der Waals surface area contributed by atoms with Gasteiger partial charge in [0.05, 0.1) is 11.8 Å². The number of nitriles is 1. The molecule has 0 aliphatic rings. The standard InChI is InChI=1S/C13H8N4O2/c1-8-11(3-5-18-8)12-16-13(19-17-12)9-2-4-15-10(6-9)7-14/h2-6H,1H3. The minimum absolute atomic E-state index is 0.303. The van der Waals surface area contributed by atoms with Crippen LogP contribution in [0.2, 0.25) is 0 Å². The largest absolute Gasteiger partial charge is 0.469 e. The Morgan fingerprint density at radius 2 is 2.21 bits per heavy atom. The number of furan rings is 1. The highest BCUT2D eigenvalue weighted by Gasteiger charge is 2.14. The van der Waals surface area contributed by atoms with Crippen molar-refractivity contribution in [2.75, 3.05) is 0 Å². The second-order valence-corrected chi connectivity index (χ2v) is 3.86. The Morgan fingerprint density at radius 3 is 2.95 bits per heavy atom. The number of rotatable bonds is 2. The summed E-state index contributed by atoms with van der Waals surface area (Å²) in [5.74, 6) is 1.52. The minimum Gasteiger partial charge on any atom is -0.469 e. The van der Waals surface area contributed by atoms with Gasteiger partial charge in [0, 0.05) is 11.8 Å². The molecule has 0 atom stereocenters. The van der Waals surface area contributed by atoms with E-state index in [-0.39, 0.29) is 0 Å². The zero-order valence-corrected chi connectivity index (χ0v) is 9.99. The molecule has 6 heteroatoms. The molecule has 0 spiro atoms. The van der Waals surface area contributed by atoms with E-state index in [0.29, 0.717) is 23.0 Å². The lowest BCUT2D eigenvalue weighted by atomic mass is 10.2. The third-order valence-corrected chi connectivity index (χ3v) is 2.65. The van der Waals surface area contributed by atoms with Gasteiger partial charge in [0.15, 0.2) is 0 Å². The summed E-state index contributed by atoms with van der Waals surface area (Å²) in [6, 6.07) is 7.05. The summed E-state index contributed by atoms with van der Waals surface area (Å²) in [5.41, 5.74) is 1.74. The smallest absolute Gasteiger partial charge is 0.258 e. The van der Waals surface area contributed by atoms with Gasteiger partial charge in [0.2, 0.25) is 5.82 Å². The fraction of sp³-hybridized carbons (Fsp3) is 0.0769. The zero-order chi connectivity index (χ0) is 13.2. The molecule has 3 aromatic heterocycles. The SMILES string of the molecule is Cc1occc1-c1noc(-c2ccnc(C#N)c2)n1. The predicted molar refractivity (Wildman–Crippen MR) is 64.7 cm³/mol. The van der Waals surface area contributed by atoms with Crippen molar-refractivity contribution in [3.8, 4) is 28.9 Å². The van der Waals surface area contributed by atoms with Gasteiger partial charge in [-0.2, -0.15) is 10.2 Å². The van der Waals surface area contributed by atoms with Crippen molar-refractivity contribution < 1.29 is 8.94 Å². The Labute approximate surface area is 108 Å². The summed E-state index contributed by atoms with van der Waals surface area (Å²) in [6.07, 6.45) is 3.10. The van der Waals surface area contributed by atoms with E-state index in [2.05, 4.69) is 15.1 Å². The summed E-state index contributed by atoms with van der Waals surface area (Å²) >= 11 is 0. The van der Waals surface area contributed by atoms with Gasteiger partial charge in [-0.3, -0.25) is 0 Å². The summed E-state index contributed by atoms with van der Waals surface area (Å²) in [6.45, 7) is 1.82. The van der Waals surface area contributed by atoms with Gasteiger partial charge in [-0.15, -0.1) is 0 Å². The van der Waals surface area contributed by atoms with E-state index in [1.165, 1.54) is 6.20 Å². The molecule has 0 aliphatic carbocycles. The molecule has 0 saturated carbocycles. The lowest BCUT2D eigenvalue weighted by molar-refractivity contribution is 0.432. The van der Waals surface area contributed by atoms with Crippen molar-refractivity contribution in [1.29, 1.82) is 5.26 Å². The first-order chi connectivity index (χ1) is 9.28. The van der Waals surface area contributed by atoms with Gasteiger partial charge < -0.3 is 8.94 Å². The van der Waals surface area contributed by atoms with Gasteiger partial charge in [-0.1, -0.05) is 5.16 Å². The summed E-state index contributed by atoms with van der Waals surface area (Å²) in [7, 11) is 0. The molecule has 3 aromatic rings. The van der Waals surface area contributed by atoms with Crippen LogP contribution in [-0.4, -0.2) is 15.1 Å². The lowest BCUT2D eigenvalue weighted by Gasteiger charge is -1.93. The average Bonchev–Trinajstić information content (AvgIpc) is 3.07. The molecule has 6 nitrogen and oxygen atoms in total. The topological polar surface area (TPSA) is 88.7 Å². The molecule has 0 unspecified atom stereocenters. The fourth-order valence-corrected chi connectivity index (χ4v) is 1.69. The first-order valence-corrected chi connectivity index (χ1v) is 5.52. The Bertz CT molecular complexity index is 767. The molecule has 3 heterocycles. The number of aryl methyl sites for hydroxylation is 1. The highest BCUT2D eigenvalue weighted by Crippen LogP contribution is 2.24. The Kier molecular flexibility index (Phi) is 2.58. The van der Waals surface area contributed by atoms with Gasteiger partial charge >= 0.3 is 0 Å². The number of hydrogen-bond donors (Lipinski definition) is 0. The highest BCUT2D eigenvalue weighted by molar-refractivity contribution is 5.61. The number of aromatic nitrogens is 3. The second kappa shape index (κ2) is 4.38. The summed E-state index contributed by atoms with van der Waals surface area (Å²) in [5, 5.41) is 12.7. The van der Waals surface area contributed by atoms with Crippen molar-refractivity contribution >= 4 is 0 Å². The molecule has 0 amide bonds. The Morgan fingerprint density at radius 1 is 1.32 bits per heavy atom. The molecule has 0 radical (unpaired) electrons. The maximum atomic E-state index is 8.81. The van der Waals surface area contributed by atoms with E-state index in [1.807, 2.05) is 13.0 Å². The van der Waals surface area contributed by atoms with Crippen LogP contribution in [0, 0.1) is 18.3 Å². The van der Waals surface area contributed by atoms with Crippen molar-refractivity contribution in [2.24, 2.45) is 0 Å². The fourth-order valence-electron chi connectivity index (χ4n) is 1.69. The van der Waals surface area contributed by atoms with Crippen molar-refractivity contribution in [2.45, 2.75) is 6.92 Å². The molecule has 0 aliphatic heterocycles. The Balaban J connectivity index is 2.02. The zero-order valence-electron chi connectivity index (χ0n) is 9.99. The van der Waals surface area contributed by atoms with Crippen LogP contribution in [0.4, 0.5) is 0 Å².